The number of rotatable bonds is 21. The summed E-state index contributed by atoms with van der Waals surface area (Å²) >= 11 is 1.29. The minimum atomic E-state index is -0.651. The van der Waals surface area contributed by atoms with E-state index in [-0.39, 0.29) is 11.0 Å². The first-order valence-corrected chi connectivity index (χ1v) is 16.4. The number of aromatic nitrogens is 3. The van der Waals surface area contributed by atoms with Crippen molar-refractivity contribution in [3.05, 3.63) is 16.0 Å². The molecule has 0 radical (unpaired) electrons. The Balaban J connectivity index is 0.000000824. The van der Waals surface area contributed by atoms with Crippen molar-refractivity contribution in [3.63, 3.8) is 0 Å². The number of nitrogens with zero attached hydrogens (tertiary/aromatic N) is 3. The molecule has 0 aliphatic heterocycles. The summed E-state index contributed by atoms with van der Waals surface area (Å²) in [6, 6.07) is 0. The quantitative estimate of drug-likeness (QED) is 0.0893. The zero-order valence-corrected chi connectivity index (χ0v) is 26.0. The summed E-state index contributed by atoms with van der Waals surface area (Å²) in [6.45, 7) is 7.98. The molecule has 0 atom stereocenters. The second-order valence-corrected chi connectivity index (χ2v) is 12.2. The minimum Gasteiger partial charge on any atom is -0.481 e. The van der Waals surface area contributed by atoms with Crippen molar-refractivity contribution in [1.82, 2.24) is 14.9 Å². The molecule has 0 saturated heterocycles. The summed E-state index contributed by atoms with van der Waals surface area (Å²) in [5.41, 5.74) is -0.225. The maximum Gasteiger partial charge on any atom is 0.303 e. The number of hydrogen-bond acceptors (Lipinski definition) is 6. The summed E-state index contributed by atoms with van der Waals surface area (Å²) in [7, 11) is 0. The van der Waals surface area contributed by atoms with Crippen LogP contribution in [0.25, 0.3) is 0 Å². The normalized spacial score (nSPS) is 11.3. The minimum absolute atomic E-state index is 0.281. The first-order chi connectivity index (χ1) is 18.1. The van der Waals surface area contributed by atoms with Crippen LogP contribution in [0.5, 0.6) is 0 Å². The van der Waals surface area contributed by atoms with Crippen LogP contribution in [-0.2, 0) is 10.2 Å². The summed E-state index contributed by atoms with van der Waals surface area (Å²) in [5.74, 6) is 4.92. The lowest BCUT2D eigenvalue weighted by atomic mass is 9.93. The van der Waals surface area contributed by atoms with Crippen LogP contribution in [0.2, 0.25) is 0 Å². The molecule has 0 fully saturated rings. The zero-order chi connectivity index (χ0) is 28.7. The lowest BCUT2D eigenvalue weighted by Crippen LogP contribution is -2.37. The van der Waals surface area contributed by atoms with Crippen LogP contribution in [0.3, 0.4) is 0 Å². The maximum absolute atomic E-state index is 11.7. The number of thioether (sulfide) groups is 1. The molecule has 38 heavy (non-hydrogen) atoms. The molecule has 0 amide bonds. The van der Waals surface area contributed by atoms with Crippen LogP contribution in [0.1, 0.15) is 162 Å². The van der Waals surface area contributed by atoms with Gasteiger partial charge in [0.05, 0.1) is 0 Å². The van der Waals surface area contributed by atoms with Gasteiger partial charge in [0.1, 0.15) is 5.69 Å². The smallest absolute Gasteiger partial charge is 0.303 e. The van der Waals surface area contributed by atoms with Gasteiger partial charge in [-0.05, 0) is 12.7 Å². The van der Waals surface area contributed by atoms with E-state index in [9.17, 15) is 9.59 Å². The number of nitrogen functional groups attached to an aromatic ring is 1. The summed E-state index contributed by atoms with van der Waals surface area (Å²) in [5, 5.41) is 16.7. The fourth-order valence-electron chi connectivity index (χ4n) is 4.35. The molecule has 1 heterocycles. The Labute approximate surface area is 237 Å². The van der Waals surface area contributed by atoms with Crippen LogP contribution in [0, 0.1) is 0 Å². The predicted molar refractivity (Wildman–Crippen MR) is 163 cm³/mol. The third kappa shape index (κ3) is 19.5. The van der Waals surface area contributed by atoms with Crippen LogP contribution < -0.4 is 11.4 Å². The fourth-order valence-corrected chi connectivity index (χ4v) is 4.75. The molecule has 0 saturated carbocycles. The predicted octanol–water partition coefficient (Wildman–Crippen LogP) is 8.26. The van der Waals surface area contributed by atoms with E-state index in [1.165, 1.54) is 121 Å². The van der Waals surface area contributed by atoms with Crippen molar-refractivity contribution in [2.24, 2.45) is 0 Å². The van der Waals surface area contributed by atoms with E-state index in [1.54, 1.807) is 6.26 Å². The van der Waals surface area contributed by atoms with Gasteiger partial charge in [-0.25, -0.2) is 0 Å². The summed E-state index contributed by atoms with van der Waals surface area (Å²) in [4.78, 5) is 22.1. The van der Waals surface area contributed by atoms with Crippen molar-refractivity contribution in [2.45, 2.75) is 167 Å². The van der Waals surface area contributed by atoms with E-state index in [4.69, 9.17) is 10.9 Å². The molecule has 222 valence electrons. The fraction of sp³-hybridized carbons (Fsp3) is 0.867. The Bertz CT molecular complexity index is 778. The molecule has 0 aromatic carbocycles. The molecule has 1 rings (SSSR count). The molecule has 7 nitrogen and oxygen atoms in total. The Hall–Kier alpha value is -1.57. The first kappa shape index (κ1) is 36.4. The number of nitrogens with two attached hydrogens (primary N) is 1. The topological polar surface area (TPSA) is 111 Å². The van der Waals surface area contributed by atoms with Crippen LogP contribution >= 0.6 is 11.8 Å². The van der Waals surface area contributed by atoms with Gasteiger partial charge in [-0.1, -0.05) is 155 Å². The van der Waals surface area contributed by atoms with E-state index in [0.29, 0.717) is 17.3 Å². The molecule has 3 N–H and O–H groups in total. The Morgan fingerprint density at radius 1 is 0.763 bits per heavy atom. The molecule has 0 spiro atoms. The molecule has 0 bridgehead atoms. The zero-order valence-electron chi connectivity index (χ0n) is 25.2. The molecule has 1 aromatic heterocycles. The van der Waals surface area contributed by atoms with Gasteiger partial charge in [0.15, 0.2) is 0 Å². The number of carboxylic acid groups (broad SMARTS) is 1. The molecular formula is C30H58N4O3S. The van der Waals surface area contributed by atoms with Crippen molar-refractivity contribution in [2.75, 3.05) is 12.1 Å². The van der Waals surface area contributed by atoms with E-state index < -0.39 is 5.97 Å². The van der Waals surface area contributed by atoms with E-state index in [0.717, 1.165) is 17.5 Å². The van der Waals surface area contributed by atoms with Gasteiger partial charge in [-0.3, -0.25) is 9.59 Å². The lowest BCUT2D eigenvalue weighted by molar-refractivity contribution is -0.137. The monoisotopic (exact) mass is 554 g/mol. The van der Waals surface area contributed by atoms with Crippen molar-refractivity contribution < 1.29 is 9.90 Å². The molecule has 0 unspecified atom stereocenters. The number of unbranched alkanes of at least 4 members (excludes halogenated alkanes) is 18. The Kier molecular flexibility index (Phi) is 22.4. The van der Waals surface area contributed by atoms with Gasteiger partial charge in [0.25, 0.3) is 5.56 Å². The highest BCUT2D eigenvalue weighted by atomic mass is 32.2. The van der Waals surface area contributed by atoms with Crippen molar-refractivity contribution >= 4 is 17.7 Å². The number of hydrogen-bond donors (Lipinski definition) is 2. The highest BCUT2D eigenvalue weighted by molar-refractivity contribution is 7.98. The molecule has 8 heteroatoms. The van der Waals surface area contributed by atoms with Crippen molar-refractivity contribution in [3.8, 4) is 0 Å². The average molecular weight is 555 g/mol. The molecule has 1 aromatic rings. The van der Waals surface area contributed by atoms with Crippen LogP contribution in [0.4, 0.5) is 0 Å². The van der Waals surface area contributed by atoms with Gasteiger partial charge < -0.3 is 10.9 Å². The molecular weight excluding hydrogens is 496 g/mol. The van der Waals surface area contributed by atoms with Gasteiger partial charge in [-0.15, -0.1) is 10.2 Å². The first-order valence-electron chi connectivity index (χ1n) is 15.2. The van der Waals surface area contributed by atoms with Gasteiger partial charge in [-0.2, -0.15) is 4.68 Å². The largest absolute Gasteiger partial charge is 0.481 e. The summed E-state index contributed by atoms with van der Waals surface area (Å²) < 4.78 is 1.04. The van der Waals surface area contributed by atoms with E-state index in [1.807, 2.05) is 20.8 Å². The highest BCUT2D eigenvalue weighted by Crippen LogP contribution is 2.17. The van der Waals surface area contributed by atoms with Gasteiger partial charge >= 0.3 is 5.97 Å². The average Bonchev–Trinajstić information content (AvgIpc) is 2.86. The van der Waals surface area contributed by atoms with Crippen molar-refractivity contribution in [1.29, 1.82) is 0 Å². The van der Waals surface area contributed by atoms with E-state index >= 15 is 0 Å². The Morgan fingerprint density at radius 2 is 1.13 bits per heavy atom. The van der Waals surface area contributed by atoms with Crippen LogP contribution in [-0.4, -0.2) is 32.2 Å². The number of carboxylic acids is 1. The third-order valence-corrected chi connectivity index (χ3v) is 7.39. The molecule has 0 aliphatic rings. The Morgan fingerprint density at radius 3 is 1.45 bits per heavy atom. The second-order valence-electron chi connectivity index (χ2n) is 11.5. The number of carbonyl (C=O) groups is 1. The summed E-state index contributed by atoms with van der Waals surface area (Å²) in [6.07, 6.45) is 27.9. The second kappa shape index (κ2) is 23.3. The molecule has 0 aliphatic carbocycles. The lowest BCUT2D eigenvalue weighted by Gasteiger charge is -2.16. The number of aliphatic carboxylic acids is 1. The highest BCUT2D eigenvalue weighted by Gasteiger charge is 2.22. The van der Waals surface area contributed by atoms with Gasteiger partial charge in [0, 0.05) is 11.8 Å². The van der Waals surface area contributed by atoms with Gasteiger partial charge in [0.2, 0.25) is 5.16 Å². The third-order valence-electron chi connectivity index (χ3n) is 6.75. The standard InChI is InChI=1S/C22H44O2.C8H14N4OS/c1-2-3-4-5-6-7-8-9-10-11-12-13-14-15-16-17-18-19-20-21-22(23)24;1-8(2,3)5-6(13)12(9)7(14-4)11-10-5/h2-21H2,1H3,(H,23,24);9H2,1-4H3. The SMILES string of the molecule is CCCCCCCCCCCCCCCCCCCCCC(=O)O.CSc1nnc(C(C)(C)C)c(=O)n1N. The maximum atomic E-state index is 11.7. The van der Waals surface area contributed by atoms with Crippen LogP contribution in [0.15, 0.2) is 9.95 Å². The van der Waals surface area contributed by atoms with E-state index in [2.05, 4.69) is 17.1 Å².